The molecule has 6 rings (SSSR count). The summed E-state index contributed by atoms with van der Waals surface area (Å²) in [5.41, 5.74) is 0.359. The predicted molar refractivity (Wildman–Crippen MR) is 230 cm³/mol. The number of likely N-dealkylation sites (N-methyl/N-ethyl adjacent to an activating group) is 1. The second-order valence-corrected chi connectivity index (χ2v) is 18.6. The lowest BCUT2D eigenvalue weighted by Crippen LogP contribution is -2.60. The Morgan fingerprint density at radius 1 is 1.00 bits per heavy atom. The molecule has 13 atom stereocenters. The molecule has 16 heteroatoms. The van der Waals surface area contributed by atoms with Gasteiger partial charge in [-0.05, 0) is 85.5 Å². The molecule has 2 aromatic heterocycles. The second-order valence-electron chi connectivity index (χ2n) is 18.6. The van der Waals surface area contributed by atoms with Crippen molar-refractivity contribution in [3.05, 3.63) is 47.9 Å². The van der Waals surface area contributed by atoms with Gasteiger partial charge in [0.1, 0.15) is 23.9 Å². The van der Waals surface area contributed by atoms with Crippen molar-refractivity contribution in [2.24, 2.45) is 23.7 Å². The molecule has 3 fully saturated rings. The maximum Gasteiger partial charge on any atom is 0.410 e. The van der Waals surface area contributed by atoms with E-state index in [1.807, 2.05) is 70.4 Å². The number of benzene rings is 1. The number of carbonyl (C=O) groups excluding carboxylic acids is 4. The molecule has 3 aliphatic heterocycles. The number of carbonyl (C=O) groups is 4. The van der Waals surface area contributed by atoms with Crippen molar-refractivity contribution in [1.29, 1.82) is 0 Å². The summed E-state index contributed by atoms with van der Waals surface area (Å²) >= 11 is 0. The number of hydrogen-bond donors (Lipinski definition) is 2. The summed E-state index contributed by atoms with van der Waals surface area (Å²) in [5, 5.41) is 21.4. The Bertz CT molecular complexity index is 2050. The molecule has 2 N–H and O–H groups in total. The summed E-state index contributed by atoms with van der Waals surface area (Å²) in [6.07, 6.45) is 1.68. The highest BCUT2D eigenvalue weighted by molar-refractivity contribution is 6.00. The molecule has 3 aromatic rings. The van der Waals surface area contributed by atoms with E-state index in [1.165, 1.54) is 14.0 Å². The molecule has 1 unspecified atom stereocenters. The maximum atomic E-state index is 14.8. The van der Waals surface area contributed by atoms with Crippen LogP contribution in [0.3, 0.4) is 0 Å². The van der Waals surface area contributed by atoms with Crippen LogP contribution >= 0.6 is 0 Å². The number of Topliss-reactive ketones (excluding diaryl/α,β-unsaturated/α-hetero) is 2. The zero-order valence-electron chi connectivity index (χ0n) is 38.3. The smallest absolute Gasteiger partial charge is 0.410 e. The molecular weight excluding hydrogens is 797 g/mol. The number of H-pyrrole nitrogens is 1. The average Bonchev–Trinajstić information content (AvgIpc) is 3.94. The van der Waals surface area contributed by atoms with Crippen LogP contribution in [0.5, 0.6) is 0 Å². The van der Waals surface area contributed by atoms with Gasteiger partial charge in [0.15, 0.2) is 17.7 Å². The summed E-state index contributed by atoms with van der Waals surface area (Å²) in [6, 6.07) is 7.04. The van der Waals surface area contributed by atoms with Gasteiger partial charge in [0.05, 0.1) is 29.5 Å². The average molecular weight is 865 g/mol. The van der Waals surface area contributed by atoms with Gasteiger partial charge in [-0.1, -0.05) is 51.1 Å². The van der Waals surface area contributed by atoms with Crippen LogP contribution in [-0.4, -0.2) is 140 Å². The summed E-state index contributed by atoms with van der Waals surface area (Å²) in [5.74, 6) is -5.00. The number of aromatic amines is 1. The summed E-state index contributed by atoms with van der Waals surface area (Å²) in [6.45, 7) is 14.8. The number of ketones is 2. The van der Waals surface area contributed by atoms with Crippen molar-refractivity contribution >= 4 is 34.5 Å². The number of aromatic nitrogens is 4. The molecule has 3 saturated heterocycles. The lowest BCUT2D eigenvalue weighted by atomic mass is 9.73. The van der Waals surface area contributed by atoms with Crippen molar-refractivity contribution in [3.8, 4) is 0 Å². The highest BCUT2D eigenvalue weighted by Gasteiger charge is 2.60. The van der Waals surface area contributed by atoms with Crippen LogP contribution in [0, 0.1) is 23.7 Å². The molecule has 62 heavy (non-hydrogen) atoms. The molecule has 1 aromatic carbocycles. The van der Waals surface area contributed by atoms with E-state index < -0.39 is 83.4 Å². The Kier molecular flexibility index (Phi) is 14.7. The largest absolute Gasteiger partial charge is 0.458 e. The number of ether oxygens (including phenoxy) is 5. The molecule has 0 saturated carbocycles. The Labute approximate surface area is 365 Å². The lowest BCUT2D eigenvalue weighted by Gasteiger charge is -2.47. The van der Waals surface area contributed by atoms with E-state index in [2.05, 4.69) is 21.4 Å². The van der Waals surface area contributed by atoms with E-state index in [1.54, 1.807) is 37.3 Å². The van der Waals surface area contributed by atoms with Gasteiger partial charge < -0.3 is 43.6 Å². The van der Waals surface area contributed by atoms with E-state index in [9.17, 15) is 24.3 Å². The summed E-state index contributed by atoms with van der Waals surface area (Å²) in [7, 11) is 5.24. The fourth-order valence-electron chi connectivity index (χ4n) is 10.3. The number of cyclic esters (lactones) is 1. The quantitative estimate of drug-likeness (QED) is 0.135. The van der Waals surface area contributed by atoms with Crippen LogP contribution in [0.15, 0.2) is 36.7 Å². The minimum absolute atomic E-state index is 0.124. The van der Waals surface area contributed by atoms with Crippen LogP contribution in [0.4, 0.5) is 4.79 Å². The number of aliphatic hydroxyl groups is 1. The van der Waals surface area contributed by atoms with Gasteiger partial charge in [0.2, 0.25) is 0 Å². The molecule has 5 heterocycles. The molecule has 0 radical (unpaired) electrons. The topological polar surface area (TPSA) is 188 Å². The van der Waals surface area contributed by atoms with Crippen molar-refractivity contribution < 1.29 is 48.0 Å². The number of nitrogens with one attached hydrogen (secondary N) is 1. The Morgan fingerprint density at radius 3 is 2.40 bits per heavy atom. The molecule has 342 valence electrons. The van der Waals surface area contributed by atoms with E-state index in [4.69, 9.17) is 23.7 Å². The third-order valence-corrected chi connectivity index (χ3v) is 13.8. The van der Waals surface area contributed by atoms with Crippen molar-refractivity contribution in [2.75, 3.05) is 27.7 Å². The Balaban J connectivity index is 1.23. The normalized spacial score (nSPS) is 35.2. The predicted octanol–water partition coefficient (Wildman–Crippen LogP) is 5.33. The summed E-state index contributed by atoms with van der Waals surface area (Å²) in [4.78, 5) is 63.9. The first-order valence-corrected chi connectivity index (χ1v) is 22.3. The fraction of sp³-hybridized carbons (Fsp3) is 0.696. The number of rotatable bonds is 12. The van der Waals surface area contributed by atoms with Crippen LogP contribution < -0.4 is 0 Å². The van der Waals surface area contributed by atoms with Gasteiger partial charge in [0.25, 0.3) is 0 Å². The number of esters is 1. The van der Waals surface area contributed by atoms with E-state index in [-0.39, 0.29) is 37.3 Å². The van der Waals surface area contributed by atoms with Gasteiger partial charge in [-0.15, -0.1) is 5.10 Å². The number of amides is 1. The van der Waals surface area contributed by atoms with Gasteiger partial charge in [-0.2, -0.15) is 0 Å². The molecule has 1 amide bonds. The van der Waals surface area contributed by atoms with Crippen LogP contribution in [0.25, 0.3) is 10.9 Å². The number of aryl methyl sites for hydroxylation is 1. The monoisotopic (exact) mass is 864 g/mol. The number of methoxy groups -OCH3 is 1. The highest BCUT2D eigenvalue weighted by Crippen LogP contribution is 2.43. The molecule has 0 aliphatic carbocycles. The standard InChI is InChI=1S/C46H68N6O10/c1-12-36-46(8)40(52(44(57)62-46)20-16-15-19-51-25-32(48-49-51)22-31-24-47-34-18-14-13-17-33(31)34)28(4)37(53)26(2)23-45(7,58-11)41(29(5)38(54)30(6)42(56)60-36)61-43-39(55)35(50(9)10)21-27(3)59-43/h13-14,17-18,24-30,35-36,39-41,43,47,55H,12,15-16,19-23H2,1-11H3/t26-,27-,28+,29+,30-,35+,36-,39-,40-,41-,43+,45?,46-/m1/s1. The van der Waals surface area contributed by atoms with Crippen molar-refractivity contribution in [1.82, 2.24) is 29.8 Å². The third-order valence-electron chi connectivity index (χ3n) is 13.8. The SMILES string of the molecule is CC[C@H]1OC(=O)[C@H](C)C(=O)[C@H](C)[C@@H](O[C@@H]2O[C@H](C)C[C@H](N(C)C)[C@H]2O)C(C)(OC)C[C@@H](C)C(=O)[C@H](C)[C@H]2N(CCCCn3cc(Cc4c[nH]c5ccccc45)nn3)C(=O)O[C@]12C. The minimum atomic E-state index is -1.41. The van der Waals surface area contributed by atoms with E-state index in [0.717, 1.165) is 22.2 Å². The van der Waals surface area contributed by atoms with Gasteiger partial charge in [-0.25, -0.2) is 4.79 Å². The van der Waals surface area contributed by atoms with Crippen LogP contribution in [0.2, 0.25) is 0 Å². The fourth-order valence-corrected chi connectivity index (χ4v) is 10.3. The van der Waals surface area contributed by atoms with Gasteiger partial charge in [-0.3, -0.25) is 19.1 Å². The summed E-state index contributed by atoms with van der Waals surface area (Å²) < 4.78 is 33.1. The van der Waals surface area contributed by atoms with Crippen LogP contribution in [-0.2, 0) is 51.0 Å². The molecular formula is C46H68N6O10. The first kappa shape index (κ1) is 47.3. The second kappa shape index (κ2) is 19.3. The number of aliphatic hydroxyl groups excluding tert-OH is 1. The van der Waals surface area contributed by atoms with Gasteiger partial charge in [0, 0.05) is 73.7 Å². The maximum absolute atomic E-state index is 14.8. The molecule has 0 spiro atoms. The van der Waals surface area contributed by atoms with Crippen molar-refractivity contribution in [2.45, 2.75) is 154 Å². The third kappa shape index (κ3) is 9.49. The van der Waals surface area contributed by atoms with E-state index in [0.29, 0.717) is 32.2 Å². The Morgan fingerprint density at radius 2 is 1.71 bits per heavy atom. The van der Waals surface area contributed by atoms with Crippen LogP contribution in [0.1, 0.15) is 98.8 Å². The zero-order chi connectivity index (χ0) is 45.3. The number of hydrogen-bond acceptors (Lipinski definition) is 13. The first-order chi connectivity index (χ1) is 29.3. The minimum Gasteiger partial charge on any atom is -0.458 e. The number of para-hydroxylation sites is 1. The molecule has 3 aliphatic rings. The molecule has 0 bridgehead atoms. The Hall–Kier alpha value is -4.22. The van der Waals surface area contributed by atoms with Gasteiger partial charge >= 0.3 is 12.1 Å². The van der Waals surface area contributed by atoms with E-state index >= 15 is 0 Å². The number of nitrogens with zero attached hydrogens (tertiary/aromatic N) is 5. The molecule has 16 nitrogen and oxygen atoms in total. The number of fused-ring (bicyclic) bond motifs is 2. The number of unbranched alkanes of at least 4 members (excludes halogenated alkanes) is 1. The zero-order valence-corrected chi connectivity index (χ0v) is 38.3. The lowest BCUT2D eigenvalue weighted by molar-refractivity contribution is -0.295. The van der Waals surface area contributed by atoms with Crippen molar-refractivity contribution in [3.63, 3.8) is 0 Å². The highest BCUT2D eigenvalue weighted by atomic mass is 16.7. The first-order valence-electron chi connectivity index (χ1n) is 22.3.